The highest BCUT2D eigenvalue weighted by Crippen LogP contribution is 2.43. The van der Waals surface area contributed by atoms with Crippen molar-refractivity contribution in [3.63, 3.8) is 0 Å². The molecule has 2 atom stereocenters. The van der Waals surface area contributed by atoms with E-state index in [0.29, 0.717) is 13.0 Å². The Hall–Kier alpha value is -1.02. The van der Waals surface area contributed by atoms with Gasteiger partial charge in [-0.25, -0.2) is 4.57 Å². The maximum Gasteiger partial charge on any atom is 0.472 e. The van der Waals surface area contributed by atoms with Crippen LogP contribution in [0, 0.1) is 0 Å². The molecule has 0 aliphatic heterocycles. The van der Waals surface area contributed by atoms with Crippen LogP contribution in [0.1, 0.15) is 194 Å². The highest BCUT2D eigenvalue weighted by molar-refractivity contribution is 7.47. The summed E-state index contributed by atoms with van der Waals surface area (Å²) in [5.41, 5.74) is 5.36. The molecule has 0 aliphatic carbocycles. The molecule has 0 saturated carbocycles. The van der Waals surface area contributed by atoms with Gasteiger partial charge in [0, 0.05) is 19.6 Å². The maximum atomic E-state index is 12.5. The molecular formula is C41H80NO7P. The third-order valence-electron chi connectivity index (χ3n) is 8.84. The summed E-state index contributed by atoms with van der Waals surface area (Å²) >= 11 is 0. The molecule has 50 heavy (non-hydrogen) atoms. The van der Waals surface area contributed by atoms with E-state index in [1.807, 2.05) is 0 Å². The number of esters is 1. The second-order valence-electron chi connectivity index (χ2n) is 13.8. The molecule has 3 N–H and O–H groups in total. The largest absolute Gasteiger partial charge is 0.472 e. The lowest BCUT2D eigenvalue weighted by Gasteiger charge is -2.20. The van der Waals surface area contributed by atoms with Crippen molar-refractivity contribution in [2.75, 3.05) is 33.0 Å². The number of phosphoric ester groups is 1. The van der Waals surface area contributed by atoms with Crippen molar-refractivity contribution in [3.8, 4) is 0 Å². The first-order valence-corrected chi connectivity index (χ1v) is 22.3. The first-order chi connectivity index (χ1) is 24.4. The van der Waals surface area contributed by atoms with Crippen LogP contribution in [-0.4, -0.2) is 49.9 Å². The molecule has 0 rings (SSSR count). The van der Waals surface area contributed by atoms with Crippen LogP contribution < -0.4 is 5.73 Å². The molecule has 2 unspecified atom stereocenters. The van der Waals surface area contributed by atoms with Crippen LogP contribution in [0.4, 0.5) is 0 Å². The Morgan fingerprint density at radius 1 is 0.580 bits per heavy atom. The minimum Gasteiger partial charge on any atom is -0.457 e. The fourth-order valence-electron chi connectivity index (χ4n) is 5.75. The maximum absolute atomic E-state index is 12.5. The molecule has 0 aromatic heterocycles. The molecule has 0 aliphatic rings. The van der Waals surface area contributed by atoms with Gasteiger partial charge in [0.05, 0.1) is 19.8 Å². The topological polar surface area (TPSA) is 117 Å². The van der Waals surface area contributed by atoms with E-state index in [4.69, 9.17) is 24.3 Å². The zero-order valence-electron chi connectivity index (χ0n) is 32.6. The summed E-state index contributed by atoms with van der Waals surface area (Å²) in [6.07, 6.45) is 41.9. The van der Waals surface area contributed by atoms with Crippen LogP contribution in [0.3, 0.4) is 0 Å². The van der Waals surface area contributed by atoms with Gasteiger partial charge >= 0.3 is 13.8 Å². The first kappa shape index (κ1) is 49.0. The quantitative estimate of drug-likeness (QED) is 0.0277. The molecule has 9 heteroatoms. The molecule has 0 fully saturated rings. The lowest BCUT2D eigenvalue weighted by Crippen LogP contribution is -2.28. The molecule has 0 radical (unpaired) electrons. The summed E-state index contributed by atoms with van der Waals surface area (Å²) in [6, 6.07) is 0. The van der Waals surface area contributed by atoms with Gasteiger partial charge in [0.15, 0.2) is 0 Å². The predicted octanol–water partition coefficient (Wildman–Crippen LogP) is 12.1. The number of carbonyl (C=O) groups excluding carboxylic acids is 1. The van der Waals surface area contributed by atoms with Gasteiger partial charge in [-0.1, -0.05) is 147 Å². The number of rotatable bonds is 40. The fourth-order valence-corrected chi connectivity index (χ4v) is 6.52. The summed E-state index contributed by atoms with van der Waals surface area (Å²) in [5, 5.41) is 0. The van der Waals surface area contributed by atoms with Crippen LogP contribution in [0.25, 0.3) is 0 Å². The number of carbonyl (C=O) groups is 1. The van der Waals surface area contributed by atoms with Crippen molar-refractivity contribution in [1.29, 1.82) is 0 Å². The monoisotopic (exact) mass is 730 g/mol. The number of ether oxygens (including phenoxy) is 2. The van der Waals surface area contributed by atoms with Gasteiger partial charge in [-0.05, 0) is 64.2 Å². The number of allylic oxidation sites excluding steroid dienone is 4. The van der Waals surface area contributed by atoms with Crippen LogP contribution in [0.2, 0.25) is 0 Å². The van der Waals surface area contributed by atoms with Crippen LogP contribution >= 0.6 is 7.82 Å². The molecule has 0 aromatic rings. The van der Waals surface area contributed by atoms with Crippen LogP contribution in [0.5, 0.6) is 0 Å². The van der Waals surface area contributed by atoms with Gasteiger partial charge in [0.1, 0.15) is 6.10 Å². The molecule has 0 aromatic carbocycles. The minimum absolute atomic E-state index is 0.0971. The van der Waals surface area contributed by atoms with E-state index in [2.05, 4.69) is 38.2 Å². The number of hydrogen-bond acceptors (Lipinski definition) is 7. The van der Waals surface area contributed by atoms with Crippen LogP contribution in [0.15, 0.2) is 24.3 Å². The summed E-state index contributed by atoms with van der Waals surface area (Å²) in [7, 11) is -4.27. The van der Waals surface area contributed by atoms with E-state index < -0.39 is 13.9 Å². The Bertz CT molecular complexity index is 823. The van der Waals surface area contributed by atoms with E-state index in [-0.39, 0.29) is 32.3 Å². The van der Waals surface area contributed by atoms with Gasteiger partial charge in [-0.3, -0.25) is 13.8 Å². The molecule has 8 nitrogen and oxygen atoms in total. The van der Waals surface area contributed by atoms with Crippen molar-refractivity contribution in [3.05, 3.63) is 24.3 Å². The van der Waals surface area contributed by atoms with E-state index in [9.17, 15) is 14.3 Å². The molecular weight excluding hydrogens is 649 g/mol. The number of unbranched alkanes of at least 4 members (excludes halogenated alkanes) is 23. The third kappa shape index (κ3) is 38.2. The summed E-state index contributed by atoms with van der Waals surface area (Å²) in [5.74, 6) is -0.340. The van der Waals surface area contributed by atoms with E-state index >= 15 is 0 Å². The normalized spacial score (nSPS) is 13.8. The van der Waals surface area contributed by atoms with Gasteiger partial charge in [-0.15, -0.1) is 0 Å². The first-order valence-electron chi connectivity index (χ1n) is 20.8. The molecule has 0 amide bonds. The van der Waals surface area contributed by atoms with Crippen molar-refractivity contribution < 1.29 is 32.8 Å². The van der Waals surface area contributed by atoms with Crippen molar-refractivity contribution in [2.45, 2.75) is 200 Å². The Morgan fingerprint density at radius 2 is 1.00 bits per heavy atom. The second kappa shape index (κ2) is 39.2. The Labute approximate surface area is 308 Å². The molecule has 0 spiro atoms. The number of nitrogens with two attached hydrogens (primary N) is 1. The lowest BCUT2D eigenvalue weighted by molar-refractivity contribution is -0.154. The predicted molar refractivity (Wildman–Crippen MR) is 210 cm³/mol. The zero-order chi connectivity index (χ0) is 36.6. The van der Waals surface area contributed by atoms with Crippen molar-refractivity contribution >= 4 is 13.8 Å². The summed E-state index contributed by atoms with van der Waals surface area (Å²) in [6.45, 7) is 4.90. The lowest BCUT2D eigenvalue weighted by atomic mass is 10.1. The fraction of sp³-hybridized carbons (Fsp3) is 0.878. The zero-order valence-corrected chi connectivity index (χ0v) is 33.5. The third-order valence-corrected chi connectivity index (χ3v) is 9.83. The molecule has 0 saturated heterocycles. The van der Waals surface area contributed by atoms with Gasteiger partial charge in [-0.2, -0.15) is 0 Å². The molecule has 0 heterocycles. The van der Waals surface area contributed by atoms with E-state index in [1.54, 1.807) is 0 Å². The summed E-state index contributed by atoms with van der Waals surface area (Å²) < 4.78 is 33.4. The van der Waals surface area contributed by atoms with E-state index in [0.717, 1.165) is 44.9 Å². The molecule has 0 bridgehead atoms. The highest BCUT2D eigenvalue weighted by atomic mass is 31.2. The standard InChI is InChI=1S/C41H80NO7P/c1-3-5-7-9-11-13-15-17-19-21-23-25-27-29-31-33-36-46-38-40(39-48-50(44,45)47-37-35-42)49-41(43)34-32-30-28-26-24-22-20-18-16-14-12-10-8-6-4-2/h17-20,40H,3-16,21-39,42H2,1-2H3,(H,44,45). The number of phosphoric acid groups is 1. The van der Waals surface area contributed by atoms with Crippen molar-refractivity contribution in [2.24, 2.45) is 5.73 Å². The smallest absolute Gasteiger partial charge is 0.457 e. The Balaban J connectivity index is 4.06. The second-order valence-corrected chi connectivity index (χ2v) is 15.3. The summed E-state index contributed by atoms with van der Waals surface area (Å²) in [4.78, 5) is 22.4. The van der Waals surface area contributed by atoms with Crippen LogP contribution in [-0.2, 0) is 27.9 Å². The van der Waals surface area contributed by atoms with E-state index in [1.165, 1.54) is 128 Å². The molecule has 296 valence electrons. The Morgan fingerprint density at radius 3 is 1.46 bits per heavy atom. The SMILES string of the molecule is CCCCCCCCC=CCCCCCCCCOCC(COP(=O)(O)OCCN)OC(=O)CCCCCCCC=CCCCCCCCC. The highest BCUT2D eigenvalue weighted by Gasteiger charge is 2.25. The Kier molecular flexibility index (Phi) is 38.4. The van der Waals surface area contributed by atoms with Gasteiger partial charge in [0.25, 0.3) is 0 Å². The average molecular weight is 730 g/mol. The van der Waals surface area contributed by atoms with Crippen molar-refractivity contribution in [1.82, 2.24) is 0 Å². The van der Waals surface area contributed by atoms with Gasteiger partial charge < -0.3 is 20.1 Å². The average Bonchev–Trinajstić information content (AvgIpc) is 3.10. The number of hydrogen-bond donors (Lipinski definition) is 2. The van der Waals surface area contributed by atoms with Gasteiger partial charge in [0.2, 0.25) is 0 Å². The minimum atomic E-state index is -4.27.